The fourth-order valence-corrected chi connectivity index (χ4v) is 5.68. The van der Waals surface area contributed by atoms with Gasteiger partial charge in [-0.15, -0.1) is 13.2 Å². The van der Waals surface area contributed by atoms with Crippen molar-refractivity contribution in [2.45, 2.75) is 56.8 Å². The minimum absolute atomic E-state index is 0.0163. The van der Waals surface area contributed by atoms with Crippen LogP contribution < -0.4 is 19.7 Å². The molecule has 10 nitrogen and oxygen atoms in total. The van der Waals surface area contributed by atoms with Crippen LogP contribution in [0.5, 0.6) is 11.5 Å². The first kappa shape index (κ1) is 28.4. The zero-order valence-electron chi connectivity index (χ0n) is 22.6. The number of rotatable bonds is 7. The maximum Gasteiger partial charge on any atom is 0.573 e. The summed E-state index contributed by atoms with van der Waals surface area (Å²) in [6.07, 6.45) is -0.353. The van der Waals surface area contributed by atoms with Crippen LogP contribution in [0, 0.1) is 0 Å². The van der Waals surface area contributed by atoms with E-state index >= 15 is 0 Å². The number of nitrogens with zero attached hydrogens (tertiary/aromatic N) is 4. The van der Waals surface area contributed by atoms with Crippen molar-refractivity contribution in [3.8, 4) is 11.5 Å². The molecule has 0 saturated carbocycles. The number of ether oxygens (including phenoxy) is 4. The van der Waals surface area contributed by atoms with Crippen molar-refractivity contribution >= 4 is 11.7 Å². The topological polar surface area (TPSA) is 98.3 Å². The number of nitrogens with one attached hydrogen (secondary N) is 1. The van der Waals surface area contributed by atoms with Crippen molar-refractivity contribution < 1.29 is 36.9 Å². The first-order chi connectivity index (χ1) is 19.3. The Morgan fingerprint density at radius 3 is 2.62 bits per heavy atom. The zero-order chi connectivity index (χ0) is 28.3. The van der Waals surface area contributed by atoms with E-state index in [1.165, 1.54) is 25.6 Å². The monoisotopic (exact) mass is 565 g/mol. The van der Waals surface area contributed by atoms with Crippen LogP contribution in [0.4, 0.5) is 19.0 Å². The maximum absolute atomic E-state index is 13.5. The van der Waals surface area contributed by atoms with Crippen molar-refractivity contribution in [3.63, 3.8) is 0 Å². The van der Waals surface area contributed by atoms with E-state index < -0.39 is 6.36 Å². The molecule has 1 aromatic carbocycles. The fraction of sp³-hybridized carbons (Fsp3) is 0.593. The van der Waals surface area contributed by atoms with E-state index in [0.29, 0.717) is 50.7 Å². The number of amides is 1. The number of alkyl halides is 3. The van der Waals surface area contributed by atoms with Gasteiger partial charge in [0.2, 0.25) is 0 Å². The van der Waals surface area contributed by atoms with Gasteiger partial charge in [0.25, 0.3) is 5.91 Å². The summed E-state index contributed by atoms with van der Waals surface area (Å²) in [5.74, 6) is 0.170. The molecule has 1 amide bonds. The number of hydrogen-bond acceptors (Lipinski definition) is 9. The van der Waals surface area contributed by atoms with Gasteiger partial charge in [-0.05, 0) is 48.9 Å². The third-order valence-electron chi connectivity index (χ3n) is 7.75. The molecule has 2 fully saturated rings. The van der Waals surface area contributed by atoms with E-state index in [9.17, 15) is 18.0 Å². The highest BCUT2D eigenvalue weighted by Gasteiger charge is 2.34. The molecule has 40 heavy (non-hydrogen) atoms. The van der Waals surface area contributed by atoms with Crippen LogP contribution in [0.1, 0.15) is 40.9 Å². The number of carbonyl (C=O) groups is 1. The summed E-state index contributed by atoms with van der Waals surface area (Å²) in [5.41, 5.74) is 1.79. The second kappa shape index (κ2) is 12.1. The summed E-state index contributed by atoms with van der Waals surface area (Å²) in [5, 5.41) is 3.69. The molecule has 3 aliphatic rings. The molecule has 0 radical (unpaired) electrons. The molecule has 2 atom stereocenters. The Morgan fingerprint density at radius 2 is 1.90 bits per heavy atom. The molecule has 4 heterocycles. The number of likely N-dealkylation sites (tertiary alicyclic amines) is 1. The lowest BCUT2D eigenvalue weighted by Crippen LogP contribution is -2.54. The van der Waals surface area contributed by atoms with Gasteiger partial charge in [0.05, 0.1) is 19.8 Å². The average molecular weight is 566 g/mol. The number of carbonyl (C=O) groups excluding carboxylic acids is 1. The summed E-state index contributed by atoms with van der Waals surface area (Å²) >= 11 is 0. The molecule has 218 valence electrons. The van der Waals surface area contributed by atoms with Crippen LogP contribution >= 0.6 is 0 Å². The third-order valence-corrected chi connectivity index (χ3v) is 7.75. The number of methoxy groups -OCH3 is 2. The molecule has 2 aromatic rings. The quantitative estimate of drug-likeness (QED) is 0.544. The van der Waals surface area contributed by atoms with E-state index in [4.69, 9.17) is 14.2 Å². The SMILES string of the molecule is COc1c(C(=O)N2CCC(NC3CCOCC3OC)CC2)ncnc1N1CCc2ccc(OC(F)(F)F)cc2C1. The van der Waals surface area contributed by atoms with Crippen molar-refractivity contribution in [1.29, 1.82) is 0 Å². The lowest BCUT2D eigenvalue weighted by atomic mass is 9.99. The minimum atomic E-state index is -4.77. The van der Waals surface area contributed by atoms with E-state index in [1.54, 1.807) is 18.1 Å². The Bertz CT molecular complexity index is 1190. The third kappa shape index (κ3) is 6.42. The largest absolute Gasteiger partial charge is 0.573 e. The molecule has 5 rings (SSSR count). The number of benzene rings is 1. The van der Waals surface area contributed by atoms with Crippen molar-refractivity contribution in [3.05, 3.63) is 41.3 Å². The van der Waals surface area contributed by atoms with Crippen LogP contribution in [0.2, 0.25) is 0 Å². The van der Waals surface area contributed by atoms with Gasteiger partial charge in [-0.25, -0.2) is 9.97 Å². The number of piperidine rings is 1. The minimum Gasteiger partial charge on any atom is -0.491 e. The van der Waals surface area contributed by atoms with Crippen LogP contribution in [-0.2, 0) is 22.4 Å². The molecule has 3 aliphatic heterocycles. The smallest absolute Gasteiger partial charge is 0.491 e. The van der Waals surface area contributed by atoms with Crippen LogP contribution in [0.25, 0.3) is 0 Å². The lowest BCUT2D eigenvalue weighted by molar-refractivity contribution is -0.274. The molecule has 0 bridgehead atoms. The molecule has 0 aliphatic carbocycles. The second-order valence-corrected chi connectivity index (χ2v) is 10.2. The van der Waals surface area contributed by atoms with E-state index in [1.807, 2.05) is 4.90 Å². The van der Waals surface area contributed by atoms with E-state index in [-0.39, 0.29) is 47.8 Å². The molecular formula is C27H34F3N5O5. The number of aromatic nitrogens is 2. The predicted molar refractivity (Wildman–Crippen MR) is 139 cm³/mol. The number of anilines is 1. The zero-order valence-corrected chi connectivity index (χ0v) is 22.6. The summed E-state index contributed by atoms with van der Waals surface area (Å²) in [6, 6.07) is 4.86. The molecule has 1 aromatic heterocycles. The van der Waals surface area contributed by atoms with Gasteiger partial charge in [0.15, 0.2) is 17.3 Å². The normalized spacial score (nSPS) is 22.1. The summed E-state index contributed by atoms with van der Waals surface area (Å²) in [4.78, 5) is 25.9. The number of fused-ring (bicyclic) bond motifs is 1. The highest BCUT2D eigenvalue weighted by atomic mass is 19.4. The summed E-state index contributed by atoms with van der Waals surface area (Å²) < 4.78 is 59.0. The van der Waals surface area contributed by atoms with Gasteiger partial charge < -0.3 is 34.1 Å². The standard InChI is InChI=1S/C27H34F3N5O5/c1-37-22-15-39-12-8-21(22)33-19-6-10-34(11-7-19)26(36)23-24(38-2)25(32-16-31-23)35-9-5-17-3-4-20(13-18(17)14-35)40-27(28,29)30/h3-4,13,16,19,21-22,33H,5-12,14-15H2,1-2H3. The number of hydrogen-bond donors (Lipinski definition) is 1. The van der Waals surface area contributed by atoms with Gasteiger partial charge in [0, 0.05) is 52.0 Å². The molecule has 0 spiro atoms. The Balaban J connectivity index is 1.26. The Kier molecular flexibility index (Phi) is 8.62. The highest BCUT2D eigenvalue weighted by Crippen LogP contribution is 2.34. The van der Waals surface area contributed by atoms with Crippen molar-refractivity contribution in [1.82, 2.24) is 20.2 Å². The van der Waals surface area contributed by atoms with Crippen LogP contribution in [-0.4, -0.2) is 92.4 Å². The summed E-state index contributed by atoms with van der Waals surface area (Å²) in [6.45, 7) is 3.26. The van der Waals surface area contributed by atoms with E-state index in [0.717, 1.165) is 24.8 Å². The molecular weight excluding hydrogens is 531 g/mol. The Morgan fingerprint density at radius 1 is 1.10 bits per heavy atom. The maximum atomic E-state index is 13.5. The van der Waals surface area contributed by atoms with Crippen molar-refractivity contribution in [2.24, 2.45) is 0 Å². The molecule has 1 N–H and O–H groups in total. The van der Waals surface area contributed by atoms with Crippen LogP contribution in [0.15, 0.2) is 24.5 Å². The highest BCUT2D eigenvalue weighted by molar-refractivity contribution is 5.96. The fourth-order valence-electron chi connectivity index (χ4n) is 5.68. The van der Waals surface area contributed by atoms with Gasteiger partial charge in [0.1, 0.15) is 12.1 Å². The first-order valence-corrected chi connectivity index (χ1v) is 13.4. The lowest BCUT2D eigenvalue weighted by Gasteiger charge is -2.38. The molecule has 13 heteroatoms. The Labute approximate surface area is 230 Å². The number of halogens is 3. The van der Waals surface area contributed by atoms with Crippen molar-refractivity contribution in [2.75, 3.05) is 52.0 Å². The van der Waals surface area contributed by atoms with Gasteiger partial charge in [-0.2, -0.15) is 0 Å². The first-order valence-electron chi connectivity index (χ1n) is 13.4. The van der Waals surface area contributed by atoms with Gasteiger partial charge >= 0.3 is 6.36 Å². The van der Waals surface area contributed by atoms with Gasteiger partial charge in [-0.3, -0.25) is 4.79 Å². The van der Waals surface area contributed by atoms with Gasteiger partial charge in [-0.1, -0.05) is 6.07 Å². The second-order valence-electron chi connectivity index (χ2n) is 10.2. The molecule has 2 unspecified atom stereocenters. The predicted octanol–water partition coefficient (Wildman–Crippen LogP) is 2.94. The van der Waals surface area contributed by atoms with E-state index in [2.05, 4.69) is 20.0 Å². The summed E-state index contributed by atoms with van der Waals surface area (Å²) in [7, 11) is 3.16. The Hall–Kier alpha value is -3.16. The average Bonchev–Trinajstić information content (AvgIpc) is 2.96. The molecule has 2 saturated heterocycles. The van der Waals surface area contributed by atoms with Crippen LogP contribution in [0.3, 0.4) is 0 Å².